The van der Waals surface area contributed by atoms with E-state index >= 15 is 0 Å². The number of urea groups is 1. The molecule has 0 aliphatic heterocycles. The number of hydrogen-bond acceptors (Lipinski definition) is 3. The molecular weight excluding hydrogens is 495 g/mol. The fraction of sp³-hybridized carbons (Fsp3) is 0.517. The lowest BCUT2D eigenvalue weighted by Gasteiger charge is -2.39. The Balaban J connectivity index is 1.64. The number of aryl methyl sites for hydroxylation is 1. The summed E-state index contributed by atoms with van der Waals surface area (Å²) in [7, 11) is 0. The van der Waals surface area contributed by atoms with E-state index in [-0.39, 0.29) is 18.5 Å². The first-order valence-electron chi connectivity index (χ1n) is 13.3. The third-order valence-corrected chi connectivity index (χ3v) is 7.53. The highest BCUT2D eigenvalue weighted by Crippen LogP contribution is 2.49. The first kappa shape index (κ1) is 27.8. The molecule has 0 heterocycles. The van der Waals surface area contributed by atoms with Crippen molar-refractivity contribution in [2.24, 2.45) is 11.8 Å². The number of anilines is 3. The van der Waals surface area contributed by atoms with E-state index in [4.69, 9.17) is 0 Å². The zero-order chi connectivity index (χ0) is 27.4. The van der Waals surface area contributed by atoms with Crippen molar-refractivity contribution in [3.8, 4) is 0 Å². The summed E-state index contributed by atoms with van der Waals surface area (Å²) in [5, 5.41) is 15.1. The SMILES string of the molecule is Cc1ccc(NC(=O)Nc2cc([C@H]3C[C@H]3C(=O)O)ccc2N(CC(C)CC(F)(F)F)C2CCCCC2)cc1. The minimum absolute atomic E-state index is 0.0682. The number of amides is 2. The van der Waals surface area contributed by atoms with E-state index in [1.165, 1.54) is 0 Å². The first-order chi connectivity index (χ1) is 18.0. The van der Waals surface area contributed by atoms with Gasteiger partial charge in [0.15, 0.2) is 0 Å². The van der Waals surface area contributed by atoms with Gasteiger partial charge in [-0.1, -0.05) is 49.9 Å². The van der Waals surface area contributed by atoms with Gasteiger partial charge in [-0.3, -0.25) is 4.79 Å². The Kier molecular flexibility index (Phi) is 8.53. The van der Waals surface area contributed by atoms with Crippen molar-refractivity contribution in [2.75, 3.05) is 22.1 Å². The summed E-state index contributed by atoms with van der Waals surface area (Å²) >= 11 is 0. The molecule has 6 nitrogen and oxygen atoms in total. The van der Waals surface area contributed by atoms with Crippen LogP contribution in [0.4, 0.5) is 35.0 Å². The second-order valence-corrected chi connectivity index (χ2v) is 10.9. The van der Waals surface area contributed by atoms with Gasteiger partial charge in [0.25, 0.3) is 0 Å². The summed E-state index contributed by atoms with van der Waals surface area (Å²) in [5.41, 5.74) is 3.62. The van der Waals surface area contributed by atoms with Gasteiger partial charge < -0.3 is 20.6 Å². The highest BCUT2D eigenvalue weighted by atomic mass is 19.4. The number of carboxylic acids is 1. The fourth-order valence-electron chi connectivity index (χ4n) is 5.53. The Morgan fingerprint density at radius 1 is 1.05 bits per heavy atom. The number of hydrogen-bond donors (Lipinski definition) is 3. The van der Waals surface area contributed by atoms with Crippen LogP contribution in [0.15, 0.2) is 42.5 Å². The van der Waals surface area contributed by atoms with E-state index in [0.29, 0.717) is 23.5 Å². The maximum atomic E-state index is 13.2. The van der Waals surface area contributed by atoms with Crippen LogP contribution in [0.2, 0.25) is 0 Å². The Hall–Kier alpha value is -3.23. The third kappa shape index (κ3) is 7.42. The minimum atomic E-state index is -4.26. The van der Waals surface area contributed by atoms with Gasteiger partial charge in [0.2, 0.25) is 0 Å². The quantitative estimate of drug-likeness (QED) is 0.312. The van der Waals surface area contributed by atoms with E-state index in [1.54, 1.807) is 25.1 Å². The Morgan fingerprint density at radius 2 is 1.74 bits per heavy atom. The number of carboxylic acid groups (broad SMARTS) is 1. The molecule has 2 saturated carbocycles. The second kappa shape index (κ2) is 11.7. The van der Waals surface area contributed by atoms with Crippen LogP contribution in [-0.4, -0.2) is 35.9 Å². The molecule has 9 heteroatoms. The van der Waals surface area contributed by atoms with Gasteiger partial charge >= 0.3 is 18.2 Å². The van der Waals surface area contributed by atoms with Crippen LogP contribution in [0.5, 0.6) is 0 Å². The Morgan fingerprint density at radius 3 is 2.34 bits per heavy atom. The fourth-order valence-corrected chi connectivity index (χ4v) is 5.53. The first-order valence-corrected chi connectivity index (χ1v) is 13.3. The molecule has 3 N–H and O–H groups in total. The number of nitrogens with zero attached hydrogens (tertiary/aromatic N) is 1. The molecule has 206 valence electrons. The highest BCUT2D eigenvalue weighted by molar-refractivity contribution is 6.02. The lowest BCUT2D eigenvalue weighted by Crippen LogP contribution is -2.41. The summed E-state index contributed by atoms with van der Waals surface area (Å²) in [6.07, 6.45) is 0.250. The summed E-state index contributed by atoms with van der Waals surface area (Å²) < 4.78 is 39.6. The molecule has 0 aromatic heterocycles. The number of alkyl halides is 3. The molecule has 2 aromatic rings. The summed E-state index contributed by atoms with van der Waals surface area (Å²) in [4.78, 5) is 26.5. The topological polar surface area (TPSA) is 81.7 Å². The number of carbonyl (C=O) groups excluding carboxylic acids is 1. The van der Waals surface area contributed by atoms with E-state index in [1.807, 2.05) is 36.1 Å². The number of carbonyl (C=O) groups is 2. The van der Waals surface area contributed by atoms with Crippen LogP contribution in [0.1, 0.15) is 68.9 Å². The molecule has 0 bridgehead atoms. The molecule has 38 heavy (non-hydrogen) atoms. The average molecular weight is 532 g/mol. The molecule has 2 aliphatic rings. The van der Waals surface area contributed by atoms with E-state index in [0.717, 1.165) is 43.2 Å². The molecule has 0 radical (unpaired) electrons. The van der Waals surface area contributed by atoms with Crippen LogP contribution in [0, 0.1) is 18.8 Å². The molecule has 4 rings (SSSR count). The lowest BCUT2D eigenvalue weighted by atomic mass is 9.92. The van der Waals surface area contributed by atoms with Crippen LogP contribution in [0.25, 0.3) is 0 Å². The largest absolute Gasteiger partial charge is 0.481 e. The number of aliphatic carboxylic acids is 1. The number of nitrogens with one attached hydrogen (secondary N) is 2. The van der Waals surface area contributed by atoms with Crippen LogP contribution < -0.4 is 15.5 Å². The molecule has 0 saturated heterocycles. The average Bonchev–Trinajstić information content (AvgIpc) is 3.65. The molecule has 2 fully saturated rings. The Labute approximate surface area is 221 Å². The van der Waals surface area contributed by atoms with Crippen LogP contribution in [0.3, 0.4) is 0 Å². The van der Waals surface area contributed by atoms with Crippen molar-refractivity contribution in [3.05, 3.63) is 53.6 Å². The van der Waals surface area contributed by atoms with Gasteiger partial charge in [0.1, 0.15) is 0 Å². The lowest BCUT2D eigenvalue weighted by molar-refractivity contribution is -0.142. The molecule has 2 amide bonds. The summed E-state index contributed by atoms with van der Waals surface area (Å²) in [6.45, 7) is 3.76. The van der Waals surface area contributed by atoms with Crippen molar-refractivity contribution < 1.29 is 27.9 Å². The zero-order valence-electron chi connectivity index (χ0n) is 21.9. The molecule has 3 atom stereocenters. The molecule has 1 unspecified atom stereocenters. The van der Waals surface area contributed by atoms with Crippen molar-refractivity contribution in [1.82, 2.24) is 0 Å². The predicted octanol–water partition coefficient (Wildman–Crippen LogP) is 7.55. The van der Waals surface area contributed by atoms with Crippen molar-refractivity contribution in [3.63, 3.8) is 0 Å². The van der Waals surface area contributed by atoms with Gasteiger partial charge in [-0.15, -0.1) is 0 Å². The number of benzene rings is 2. The normalized spacial score (nSPS) is 20.4. The van der Waals surface area contributed by atoms with Gasteiger partial charge in [0.05, 0.1) is 17.3 Å². The maximum Gasteiger partial charge on any atom is 0.389 e. The highest BCUT2D eigenvalue weighted by Gasteiger charge is 2.44. The predicted molar refractivity (Wildman–Crippen MR) is 143 cm³/mol. The number of rotatable bonds is 9. The van der Waals surface area contributed by atoms with Gasteiger partial charge in [-0.2, -0.15) is 13.2 Å². The standard InChI is InChI=1S/C29H36F3N3O3/c1-18-8-11-21(12-9-18)33-28(38)34-25-14-20(23-15-24(23)27(36)37)10-13-26(25)35(22-6-4-3-5-7-22)17-19(2)16-29(30,31)32/h8-14,19,22-24H,3-7,15-17H2,1-2H3,(H,36,37)(H2,33,34,38)/t19?,23-,24-/m1/s1. The molecule has 0 spiro atoms. The van der Waals surface area contributed by atoms with Crippen molar-refractivity contribution >= 4 is 29.1 Å². The van der Waals surface area contributed by atoms with Gasteiger partial charge in [0, 0.05) is 24.7 Å². The Bertz CT molecular complexity index is 1130. The maximum absolute atomic E-state index is 13.2. The van der Waals surface area contributed by atoms with Gasteiger partial charge in [-0.05, 0) is 67.9 Å². The molecular formula is C29H36F3N3O3. The van der Waals surface area contributed by atoms with Crippen LogP contribution in [-0.2, 0) is 4.79 Å². The number of halogens is 3. The monoisotopic (exact) mass is 531 g/mol. The van der Waals surface area contributed by atoms with E-state index in [9.17, 15) is 27.9 Å². The van der Waals surface area contributed by atoms with Crippen molar-refractivity contribution in [2.45, 2.75) is 76.9 Å². The molecule has 2 aliphatic carbocycles. The molecule has 2 aromatic carbocycles. The minimum Gasteiger partial charge on any atom is -0.481 e. The smallest absolute Gasteiger partial charge is 0.389 e. The zero-order valence-corrected chi connectivity index (χ0v) is 21.9. The van der Waals surface area contributed by atoms with Gasteiger partial charge in [-0.25, -0.2) is 4.79 Å². The third-order valence-electron chi connectivity index (χ3n) is 7.53. The van der Waals surface area contributed by atoms with Crippen molar-refractivity contribution in [1.29, 1.82) is 0 Å². The second-order valence-electron chi connectivity index (χ2n) is 10.9. The van der Waals surface area contributed by atoms with E-state index in [2.05, 4.69) is 10.6 Å². The summed E-state index contributed by atoms with van der Waals surface area (Å²) in [6, 6.07) is 12.4. The van der Waals surface area contributed by atoms with E-state index < -0.39 is 36.4 Å². The van der Waals surface area contributed by atoms with Crippen LogP contribution >= 0.6 is 0 Å². The summed E-state index contributed by atoms with van der Waals surface area (Å²) in [5.74, 6) is -2.09.